The number of oxazole rings is 1. The minimum Gasteiger partial charge on any atom is -0.443 e. The molecule has 0 unspecified atom stereocenters. The van der Waals surface area contributed by atoms with Crippen molar-refractivity contribution in [2.45, 2.75) is 26.4 Å². The lowest BCUT2D eigenvalue weighted by Crippen LogP contribution is -2.36. The monoisotopic (exact) mass is 258 g/mol. The molecule has 0 bridgehead atoms. The Balaban J connectivity index is 2.13. The fourth-order valence-corrected chi connectivity index (χ4v) is 1.71. The van der Waals surface area contributed by atoms with Gasteiger partial charge < -0.3 is 15.5 Å². The van der Waals surface area contributed by atoms with Crippen LogP contribution in [0.1, 0.15) is 19.5 Å². The van der Waals surface area contributed by atoms with E-state index in [-0.39, 0.29) is 6.04 Å². The van der Waals surface area contributed by atoms with Crippen molar-refractivity contribution in [2.75, 3.05) is 0 Å². The molecular weight excluding hydrogens is 240 g/mol. The Morgan fingerprint density at radius 3 is 2.79 bits per heavy atom. The number of aromatic nitrogens is 1. The fourth-order valence-electron chi connectivity index (χ4n) is 1.71. The van der Waals surface area contributed by atoms with Gasteiger partial charge in [-0.2, -0.15) is 0 Å². The van der Waals surface area contributed by atoms with E-state index in [1.807, 2.05) is 44.2 Å². The molecule has 0 amide bonds. The van der Waals surface area contributed by atoms with Gasteiger partial charge in [-0.3, -0.25) is 0 Å². The Kier molecular flexibility index (Phi) is 4.18. The molecule has 19 heavy (non-hydrogen) atoms. The van der Waals surface area contributed by atoms with Crippen LogP contribution >= 0.6 is 0 Å². The number of aliphatic imine (C=N–C) groups is 1. The molecule has 1 aromatic heterocycles. The molecule has 0 aliphatic carbocycles. The first-order valence-electron chi connectivity index (χ1n) is 6.21. The Hall–Kier alpha value is -2.30. The molecule has 1 heterocycles. The van der Waals surface area contributed by atoms with Gasteiger partial charge >= 0.3 is 0 Å². The van der Waals surface area contributed by atoms with Crippen molar-refractivity contribution in [1.82, 2.24) is 10.3 Å². The van der Waals surface area contributed by atoms with Crippen LogP contribution < -0.4 is 11.1 Å². The number of nitrogens with two attached hydrogens (primary N) is 1. The van der Waals surface area contributed by atoms with Crippen molar-refractivity contribution >= 4 is 5.96 Å². The minimum atomic E-state index is 0.259. The Morgan fingerprint density at radius 1 is 1.37 bits per heavy atom. The van der Waals surface area contributed by atoms with E-state index in [0.717, 1.165) is 17.0 Å². The predicted octanol–water partition coefficient (Wildman–Crippen LogP) is 2.15. The zero-order chi connectivity index (χ0) is 13.7. The third-order valence-corrected chi connectivity index (χ3v) is 2.51. The lowest BCUT2D eigenvalue weighted by Gasteiger charge is -2.08. The highest BCUT2D eigenvalue weighted by Crippen LogP contribution is 2.22. The summed E-state index contributed by atoms with van der Waals surface area (Å²) in [5.41, 5.74) is 7.52. The molecule has 5 heteroatoms. The van der Waals surface area contributed by atoms with Crippen LogP contribution in [0.3, 0.4) is 0 Å². The standard InChI is InChI=1S/C14H18N4O/c1-10(2)18-14(15)16-8-12-13(19-9-17-12)11-6-4-3-5-7-11/h3-7,9-10H,8H2,1-2H3,(H3,15,16,18). The highest BCUT2D eigenvalue weighted by atomic mass is 16.3. The second kappa shape index (κ2) is 6.04. The van der Waals surface area contributed by atoms with Gasteiger partial charge in [0.1, 0.15) is 5.69 Å². The number of nitrogens with zero attached hydrogens (tertiary/aromatic N) is 2. The largest absolute Gasteiger partial charge is 0.443 e. The lowest BCUT2D eigenvalue weighted by atomic mass is 10.1. The van der Waals surface area contributed by atoms with Crippen molar-refractivity contribution in [3.63, 3.8) is 0 Å². The molecule has 0 saturated heterocycles. The lowest BCUT2D eigenvalue weighted by molar-refractivity contribution is 0.571. The van der Waals surface area contributed by atoms with Crippen LogP contribution in [-0.4, -0.2) is 17.0 Å². The van der Waals surface area contributed by atoms with E-state index in [1.54, 1.807) is 0 Å². The molecule has 0 saturated carbocycles. The summed E-state index contributed by atoms with van der Waals surface area (Å²) < 4.78 is 5.42. The molecule has 100 valence electrons. The molecule has 0 fully saturated rings. The van der Waals surface area contributed by atoms with Gasteiger partial charge in [0, 0.05) is 11.6 Å². The quantitative estimate of drug-likeness (QED) is 0.650. The smallest absolute Gasteiger partial charge is 0.189 e. The van der Waals surface area contributed by atoms with E-state index in [2.05, 4.69) is 15.3 Å². The maximum atomic E-state index is 5.76. The molecule has 2 rings (SSSR count). The molecular formula is C14H18N4O. The number of hydrogen-bond donors (Lipinski definition) is 2. The summed E-state index contributed by atoms with van der Waals surface area (Å²) >= 11 is 0. The van der Waals surface area contributed by atoms with Gasteiger partial charge in [-0.1, -0.05) is 30.3 Å². The highest BCUT2D eigenvalue weighted by molar-refractivity contribution is 5.78. The average Bonchev–Trinajstić information content (AvgIpc) is 2.85. The average molecular weight is 258 g/mol. The number of nitrogens with one attached hydrogen (secondary N) is 1. The van der Waals surface area contributed by atoms with Crippen molar-refractivity contribution in [2.24, 2.45) is 10.7 Å². The topological polar surface area (TPSA) is 76.4 Å². The van der Waals surface area contributed by atoms with Crippen LogP contribution in [0, 0.1) is 0 Å². The third kappa shape index (κ3) is 3.58. The van der Waals surface area contributed by atoms with E-state index < -0.39 is 0 Å². The summed E-state index contributed by atoms with van der Waals surface area (Å²) in [6.07, 6.45) is 1.43. The zero-order valence-corrected chi connectivity index (χ0v) is 11.1. The van der Waals surface area contributed by atoms with Crippen LogP contribution in [0.5, 0.6) is 0 Å². The van der Waals surface area contributed by atoms with Crippen molar-refractivity contribution in [3.05, 3.63) is 42.4 Å². The number of benzene rings is 1. The molecule has 2 aromatic rings. The van der Waals surface area contributed by atoms with Gasteiger partial charge in [0.25, 0.3) is 0 Å². The molecule has 0 aliphatic heterocycles. The Bertz CT molecular complexity index is 546. The zero-order valence-electron chi connectivity index (χ0n) is 11.1. The summed E-state index contributed by atoms with van der Waals surface area (Å²) in [6, 6.07) is 10.1. The van der Waals surface area contributed by atoms with Crippen molar-refractivity contribution in [1.29, 1.82) is 0 Å². The highest BCUT2D eigenvalue weighted by Gasteiger charge is 2.09. The normalized spacial score (nSPS) is 11.8. The first-order valence-corrected chi connectivity index (χ1v) is 6.21. The van der Waals surface area contributed by atoms with Gasteiger partial charge in [-0.25, -0.2) is 9.98 Å². The Labute approximate surface area is 112 Å². The summed E-state index contributed by atoms with van der Waals surface area (Å²) in [6.45, 7) is 4.41. The molecule has 0 aliphatic rings. The van der Waals surface area contributed by atoms with Gasteiger partial charge in [0.05, 0.1) is 6.54 Å². The number of hydrogen-bond acceptors (Lipinski definition) is 3. The predicted molar refractivity (Wildman–Crippen MR) is 75.5 cm³/mol. The van der Waals surface area contributed by atoms with E-state index in [9.17, 15) is 0 Å². The van der Waals surface area contributed by atoms with E-state index in [1.165, 1.54) is 6.39 Å². The van der Waals surface area contributed by atoms with Crippen LogP contribution in [0.4, 0.5) is 0 Å². The maximum Gasteiger partial charge on any atom is 0.189 e. The van der Waals surface area contributed by atoms with Crippen LogP contribution in [-0.2, 0) is 6.54 Å². The van der Waals surface area contributed by atoms with Gasteiger partial charge in [0.2, 0.25) is 0 Å². The number of rotatable bonds is 4. The van der Waals surface area contributed by atoms with E-state index >= 15 is 0 Å². The molecule has 5 nitrogen and oxygen atoms in total. The van der Waals surface area contributed by atoms with Crippen molar-refractivity contribution < 1.29 is 4.42 Å². The van der Waals surface area contributed by atoms with Crippen molar-refractivity contribution in [3.8, 4) is 11.3 Å². The maximum absolute atomic E-state index is 5.76. The number of guanidine groups is 1. The SMILES string of the molecule is CC(C)NC(N)=NCc1ncoc1-c1ccccc1. The van der Waals surface area contributed by atoms with E-state index in [4.69, 9.17) is 10.2 Å². The van der Waals surface area contributed by atoms with Crippen LogP contribution in [0.25, 0.3) is 11.3 Å². The fraction of sp³-hybridized carbons (Fsp3) is 0.286. The summed E-state index contributed by atoms with van der Waals surface area (Å²) in [4.78, 5) is 8.44. The summed E-state index contributed by atoms with van der Waals surface area (Å²) in [5, 5.41) is 3.03. The minimum absolute atomic E-state index is 0.259. The van der Waals surface area contributed by atoms with Crippen LogP contribution in [0.15, 0.2) is 46.1 Å². The Morgan fingerprint density at radius 2 is 2.11 bits per heavy atom. The van der Waals surface area contributed by atoms with Gasteiger partial charge in [-0.15, -0.1) is 0 Å². The second-order valence-electron chi connectivity index (χ2n) is 4.49. The van der Waals surface area contributed by atoms with E-state index in [0.29, 0.717) is 12.5 Å². The molecule has 0 atom stereocenters. The summed E-state index contributed by atoms with van der Waals surface area (Å²) in [5.74, 6) is 1.15. The van der Waals surface area contributed by atoms with Gasteiger partial charge in [-0.05, 0) is 13.8 Å². The molecule has 1 aromatic carbocycles. The third-order valence-electron chi connectivity index (χ3n) is 2.51. The second-order valence-corrected chi connectivity index (χ2v) is 4.49. The first-order chi connectivity index (χ1) is 9.16. The first kappa shape index (κ1) is 13.1. The van der Waals surface area contributed by atoms with Gasteiger partial charge in [0.15, 0.2) is 18.1 Å². The molecule has 0 radical (unpaired) electrons. The van der Waals surface area contributed by atoms with Crippen LogP contribution in [0.2, 0.25) is 0 Å². The molecule has 3 N–H and O–H groups in total. The molecule has 0 spiro atoms. The summed E-state index contributed by atoms with van der Waals surface area (Å²) in [7, 11) is 0.